The zero-order valence-electron chi connectivity index (χ0n) is 24.0. The summed E-state index contributed by atoms with van der Waals surface area (Å²) < 4.78 is 13.5. The van der Waals surface area contributed by atoms with Gasteiger partial charge in [-0.3, -0.25) is 4.79 Å². The number of ether oxygens (including phenoxy) is 2. The van der Waals surface area contributed by atoms with Crippen LogP contribution in [0.2, 0.25) is 0 Å². The van der Waals surface area contributed by atoms with Crippen molar-refractivity contribution in [1.82, 2.24) is 19.3 Å². The first-order valence-electron chi connectivity index (χ1n) is 14.0. The van der Waals surface area contributed by atoms with Gasteiger partial charge in [-0.25, -0.2) is 4.79 Å². The first kappa shape index (κ1) is 28.3. The minimum atomic E-state index is -0.0998. The number of carbonyl (C=O) groups excluding carboxylic acids is 2. The van der Waals surface area contributed by atoms with E-state index in [4.69, 9.17) is 9.47 Å². The third-order valence-corrected chi connectivity index (χ3v) is 7.56. The van der Waals surface area contributed by atoms with E-state index in [9.17, 15) is 9.59 Å². The van der Waals surface area contributed by atoms with Gasteiger partial charge < -0.3 is 28.7 Å². The number of urea groups is 1. The van der Waals surface area contributed by atoms with Crippen LogP contribution in [0, 0.1) is 0 Å². The lowest BCUT2D eigenvalue weighted by atomic mass is 10.0. The van der Waals surface area contributed by atoms with E-state index in [2.05, 4.69) is 19.9 Å². The minimum Gasteiger partial charge on any atom is -0.493 e. The fourth-order valence-electron chi connectivity index (χ4n) is 5.14. The summed E-state index contributed by atoms with van der Waals surface area (Å²) in [5.74, 6) is 1.48. The Morgan fingerprint density at radius 1 is 1.08 bits per heavy atom. The summed E-state index contributed by atoms with van der Waals surface area (Å²) in [6.07, 6.45) is 6.16. The van der Waals surface area contributed by atoms with Crippen LogP contribution >= 0.6 is 0 Å². The smallest absolute Gasteiger partial charge is 0.320 e. The van der Waals surface area contributed by atoms with Gasteiger partial charge in [-0.15, -0.1) is 0 Å². The van der Waals surface area contributed by atoms with E-state index < -0.39 is 0 Å². The molecule has 1 saturated heterocycles. The summed E-state index contributed by atoms with van der Waals surface area (Å²) in [6, 6.07) is 14.1. The molecule has 0 bridgehead atoms. The van der Waals surface area contributed by atoms with Crippen LogP contribution in [0.25, 0.3) is 10.9 Å². The lowest BCUT2D eigenvalue weighted by Crippen LogP contribution is -2.49. The second kappa shape index (κ2) is 12.9. The number of aromatic nitrogens is 1. The van der Waals surface area contributed by atoms with Crippen molar-refractivity contribution in [2.24, 2.45) is 0 Å². The molecular formula is C31H42N4O4. The fraction of sp³-hybridized carbons (Fsp3) is 0.484. The van der Waals surface area contributed by atoms with Crippen LogP contribution in [0.1, 0.15) is 56.7 Å². The van der Waals surface area contributed by atoms with Crippen LogP contribution in [0.3, 0.4) is 0 Å². The molecule has 0 N–H and O–H groups in total. The highest BCUT2D eigenvalue weighted by Crippen LogP contribution is 2.34. The van der Waals surface area contributed by atoms with Crippen LogP contribution in [-0.2, 0) is 17.9 Å². The molecule has 3 amide bonds. The van der Waals surface area contributed by atoms with Gasteiger partial charge in [-0.05, 0) is 55.2 Å². The van der Waals surface area contributed by atoms with Gasteiger partial charge in [0.25, 0.3) is 0 Å². The van der Waals surface area contributed by atoms with Crippen LogP contribution in [0.15, 0.2) is 48.7 Å². The van der Waals surface area contributed by atoms with E-state index in [1.807, 2.05) is 57.0 Å². The highest BCUT2D eigenvalue weighted by Gasteiger charge is 2.30. The van der Waals surface area contributed by atoms with Crippen LogP contribution in [-0.4, -0.2) is 72.1 Å². The standard InChI is InChI=1S/C31H42N4O4/c1-6-7-8-19-39-28-14-13-24(20-29(28)38-5)23(2)35-17-10-16-34(31(35)37)21-25-11-9-12-27-26(25)15-18-33(27)22-30(36)32(3)4/h9,11-15,18,20,23H,6-8,10,16-17,19,21-22H2,1-5H3. The molecule has 1 atom stereocenters. The maximum atomic E-state index is 13.7. The zero-order valence-corrected chi connectivity index (χ0v) is 24.0. The Balaban J connectivity index is 1.47. The summed E-state index contributed by atoms with van der Waals surface area (Å²) in [6.45, 7) is 7.15. The molecule has 0 aliphatic carbocycles. The van der Waals surface area contributed by atoms with Gasteiger partial charge in [0.1, 0.15) is 6.54 Å². The Kier molecular flexibility index (Phi) is 9.38. The second-order valence-corrected chi connectivity index (χ2v) is 10.5. The van der Waals surface area contributed by atoms with Gasteiger partial charge in [-0.2, -0.15) is 0 Å². The summed E-state index contributed by atoms with van der Waals surface area (Å²) in [7, 11) is 5.18. The van der Waals surface area contributed by atoms with E-state index >= 15 is 0 Å². The van der Waals surface area contributed by atoms with Crippen molar-refractivity contribution < 1.29 is 19.1 Å². The van der Waals surface area contributed by atoms with Crippen LogP contribution < -0.4 is 9.47 Å². The molecule has 4 rings (SSSR count). The number of benzene rings is 2. The van der Waals surface area contributed by atoms with Crippen molar-refractivity contribution in [3.05, 3.63) is 59.8 Å². The third kappa shape index (κ3) is 6.49. The highest BCUT2D eigenvalue weighted by molar-refractivity contribution is 5.86. The maximum absolute atomic E-state index is 13.7. The Bertz CT molecular complexity index is 1280. The number of fused-ring (bicyclic) bond motifs is 1. The third-order valence-electron chi connectivity index (χ3n) is 7.56. The molecule has 8 nitrogen and oxygen atoms in total. The number of carbonyl (C=O) groups is 2. The molecular weight excluding hydrogens is 492 g/mol. The molecule has 39 heavy (non-hydrogen) atoms. The quantitative estimate of drug-likeness (QED) is 0.280. The lowest BCUT2D eigenvalue weighted by Gasteiger charge is -2.39. The number of hydrogen-bond acceptors (Lipinski definition) is 4. The molecule has 1 aliphatic heterocycles. The van der Waals surface area contributed by atoms with Gasteiger partial charge in [0.05, 0.1) is 19.8 Å². The highest BCUT2D eigenvalue weighted by atomic mass is 16.5. The van der Waals surface area contributed by atoms with Gasteiger partial charge >= 0.3 is 6.03 Å². The normalized spacial score (nSPS) is 14.5. The molecule has 3 aromatic rings. The zero-order chi connectivity index (χ0) is 27.9. The van der Waals surface area contributed by atoms with Crippen molar-refractivity contribution in [3.63, 3.8) is 0 Å². The minimum absolute atomic E-state index is 0.0341. The number of likely N-dealkylation sites (N-methyl/N-ethyl adjacent to an activating group) is 1. The number of hydrogen-bond donors (Lipinski definition) is 0. The van der Waals surface area contributed by atoms with Gasteiger partial charge in [0.2, 0.25) is 5.91 Å². The van der Waals surface area contributed by atoms with E-state index in [-0.39, 0.29) is 18.0 Å². The fourth-order valence-corrected chi connectivity index (χ4v) is 5.14. The average Bonchev–Trinajstić information content (AvgIpc) is 3.35. The van der Waals surface area contributed by atoms with E-state index in [1.54, 1.807) is 26.1 Å². The number of unbranched alkanes of at least 4 members (excludes halogenated alkanes) is 2. The molecule has 2 aromatic carbocycles. The molecule has 210 valence electrons. The number of methoxy groups -OCH3 is 1. The van der Waals surface area contributed by atoms with Crippen molar-refractivity contribution >= 4 is 22.8 Å². The predicted molar refractivity (Wildman–Crippen MR) is 154 cm³/mol. The van der Waals surface area contributed by atoms with E-state index in [0.717, 1.165) is 53.5 Å². The lowest BCUT2D eigenvalue weighted by molar-refractivity contribution is -0.129. The average molecular weight is 535 g/mol. The molecule has 0 radical (unpaired) electrons. The topological polar surface area (TPSA) is 67.2 Å². The number of amides is 3. The molecule has 1 unspecified atom stereocenters. The van der Waals surface area contributed by atoms with Crippen molar-refractivity contribution in [1.29, 1.82) is 0 Å². The van der Waals surface area contributed by atoms with E-state index in [1.165, 1.54) is 0 Å². The first-order valence-corrected chi connectivity index (χ1v) is 14.0. The molecule has 1 aliphatic rings. The number of nitrogens with zero attached hydrogens (tertiary/aromatic N) is 4. The van der Waals surface area contributed by atoms with E-state index in [0.29, 0.717) is 38.5 Å². The summed E-state index contributed by atoms with van der Waals surface area (Å²) in [5, 5.41) is 1.07. The van der Waals surface area contributed by atoms with Crippen molar-refractivity contribution in [3.8, 4) is 11.5 Å². The molecule has 1 aromatic heterocycles. The Labute approximate surface area is 232 Å². The largest absolute Gasteiger partial charge is 0.493 e. The summed E-state index contributed by atoms with van der Waals surface area (Å²) in [5.41, 5.74) is 3.10. The molecule has 8 heteroatoms. The summed E-state index contributed by atoms with van der Waals surface area (Å²) >= 11 is 0. The van der Waals surface area contributed by atoms with Crippen LogP contribution in [0.4, 0.5) is 4.79 Å². The molecule has 1 fully saturated rings. The summed E-state index contributed by atoms with van der Waals surface area (Å²) in [4.78, 5) is 31.4. The molecule has 0 saturated carbocycles. The van der Waals surface area contributed by atoms with Crippen LogP contribution in [0.5, 0.6) is 11.5 Å². The Hall–Kier alpha value is -3.68. The maximum Gasteiger partial charge on any atom is 0.320 e. The monoisotopic (exact) mass is 534 g/mol. The van der Waals surface area contributed by atoms with Gasteiger partial charge in [-0.1, -0.05) is 38.0 Å². The van der Waals surface area contributed by atoms with Gasteiger partial charge in [0, 0.05) is 50.8 Å². The van der Waals surface area contributed by atoms with Gasteiger partial charge in [0.15, 0.2) is 11.5 Å². The molecule has 0 spiro atoms. The Morgan fingerprint density at radius 3 is 2.64 bits per heavy atom. The predicted octanol–water partition coefficient (Wildman–Crippen LogP) is 5.70. The Morgan fingerprint density at radius 2 is 1.90 bits per heavy atom. The van der Waals surface area contributed by atoms with Crippen molar-refractivity contribution in [2.45, 2.75) is 58.7 Å². The first-order chi connectivity index (χ1) is 18.8. The van der Waals surface area contributed by atoms with Crippen molar-refractivity contribution in [2.75, 3.05) is 40.9 Å². The SMILES string of the molecule is CCCCCOc1ccc(C(C)N2CCCN(Cc3cccc4c3ccn4CC(=O)N(C)C)C2=O)cc1OC. The number of rotatable bonds is 12. The molecule has 2 heterocycles. The second-order valence-electron chi connectivity index (χ2n) is 10.5.